The first-order valence-electron chi connectivity index (χ1n) is 10.3. The Morgan fingerprint density at radius 3 is 2.75 bits per heavy atom. The van der Waals surface area contributed by atoms with Gasteiger partial charge in [-0.05, 0) is 41.4 Å². The minimum atomic E-state index is -0.245. The number of rotatable bonds is 9. The molecule has 2 aliphatic heterocycles. The Bertz CT molecular complexity index is 1050. The fourth-order valence-electron chi connectivity index (χ4n) is 2.98. The molecule has 8 heteroatoms. The van der Waals surface area contributed by atoms with Crippen molar-refractivity contribution in [2.75, 3.05) is 6.61 Å². The van der Waals surface area contributed by atoms with Gasteiger partial charge in [0.1, 0.15) is 18.3 Å². The average Bonchev–Trinajstić information content (AvgIpc) is 2.77. The number of hydrogen-bond acceptors (Lipinski definition) is 6. The maximum absolute atomic E-state index is 12.2. The van der Waals surface area contributed by atoms with Gasteiger partial charge in [0.05, 0.1) is 23.7 Å². The number of fused-ring (bicyclic) bond motifs is 1. The van der Waals surface area contributed by atoms with E-state index in [0.717, 1.165) is 22.5 Å². The molecule has 2 aliphatic rings. The monoisotopic (exact) mass is 432 g/mol. The molecule has 0 fully saturated rings. The zero-order chi connectivity index (χ0) is 22.9. The number of amides is 1. The van der Waals surface area contributed by atoms with E-state index in [1.165, 1.54) is 6.21 Å². The van der Waals surface area contributed by atoms with E-state index in [2.05, 4.69) is 20.9 Å². The molecule has 0 aliphatic carbocycles. The van der Waals surface area contributed by atoms with Crippen LogP contribution in [0.1, 0.15) is 19.4 Å². The van der Waals surface area contributed by atoms with Crippen LogP contribution in [0.25, 0.3) is 0 Å². The summed E-state index contributed by atoms with van der Waals surface area (Å²) in [6.45, 7) is 4.31. The number of carbonyl (C=O) groups excluding carboxylic acids is 1. The van der Waals surface area contributed by atoms with Crippen molar-refractivity contribution in [1.29, 1.82) is 5.41 Å². The molecule has 1 aromatic carbocycles. The molecule has 0 bridgehead atoms. The smallest absolute Gasteiger partial charge is 0.250 e. The number of nitrogens with one attached hydrogen (secondary N) is 4. The molecule has 0 radical (unpaired) electrons. The molecule has 166 valence electrons. The summed E-state index contributed by atoms with van der Waals surface area (Å²) in [5.41, 5.74) is 10.0. The van der Waals surface area contributed by atoms with Crippen molar-refractivity contribution < 1.29 is 9.53 Å². The average molecular weight is 433 g/mol. The predicted octanol–water partition coefficient (Wildman–Crippen LogP) is 2.57. The van der Waals surface area contributed by atoms with E-state index < -0.39 is 0 Å². The second-order valence-corrected chi connectivity index (χ2v) is 7.57. The molecule has 0 spiro atoms. The van der Waals surface area contributed by atoms with Crippen LogP contribution in [0, 0.1) is 11.3 Å². The molecule has 6 N–H and O–H groups in total. The van der Waals surface area contributed by atoms with Crippen LogP contribution in [-0.2, 0) is 16.1 Å². The van der Waals surface area contributed by atoms with Gasteiger partial charge in [0, 0.05) is 12.4 Å². The molecule has 2 heterocycles. The minimum Gasteiger partial charge on any atom is -0.384 e. The van der Waals surface area contributed by atoms with Crippen molar-refractivity contribution in [3.63, 3.8) is 0 Å². The number of hydrogen-bond donors (Lipinski definition) is 5. The standard InChI is InChI=1S/C24H28N6O2/c1-16(2)18(12-25)10-22(26)30-23-9-8-20-21(29-23)11-19(13-27-20)28-24(31)15-32-14-17-6-4-3-5-7-17/h3-13,16,25,27,29H,14-15H2,1-2H3,(H2,26,30)(H,28,31). The molecule has 0 aromatic heterocycles. The summed E-state index contributed by atoms with van der Waals surface area (Å²) in [4.78, 5) is 16.6. The predicted molar refractivity (Wildman–Crippen MR) is 126 cm³/mol. The third-order valence-corrected chi connectivity index (χ3v) is 4.67. The first kappa shape index (κ1) is 22.8. The number of dihydropyridines is 2. The lowest BCUT2D eigenvalue weighted by Gasteiger charge is -2.23. The maximum atomic E-state index is 12.2. The first-order chi connectivity index (χ1) is 15.4. The highest BCUT2D eigenvalue weighted by Gasteiger charge is 2.16. The fraction of sp³-hybridized carbons (Fsp3) is 0.208. The van der Waals surface area contributed by atoms with Crippen molar-refractivity contribution >= 4 is 18.0 Å². The molecular formula is C24H28N6O2. The van der Waals surface area contributed by atoms with Gasteiger partial charge in [-0.3, -0.25) is 4.79 Å². The quantitative estimate of drug-likeness (QED) is 0.303. The summed E-state index contributed by atoms with van der Waals surface area (Å²) in [6, 6.07) is 9.69. The second kappa shape index (κ2) is 10.9. The van der Waals surface area contributed by atoms with Crippen molar-refractivity contribution in [3.8, 4) is 0 Å². The van der Waals surface area contributed by atoms with Gasteiger partial charge in [-0.1, -0.05) is 44.2 Å². The normalized spacial score (nSPS) is 16.0. The van der Waals surface area contributed by atoms with E-state index in [-0.39, 0.29) is 18.4 Å². The summed E-state index contributed by atoms with van der Waals surface area (Å²) in [5, 5.41) is 16.6. The number of nitrogens with zero attached hydrogens (tertiary/aromatic N) is 1. The van der Waals surface area contributed by atoms with Gasteiger partial charge in [0.25, 0.3) is 0 Å². The largest absolute Gasteiger partial charge is 0.384 e. The first-order valence-corrected chi connectivity index (χ1v) is 10.3. The molecule has 0 atom stereocenters. The van der Waals surface area contributed by atoms with Gasteiger partial charge in [0.2, 0.25) is 5.91 Å². The lowest BCUT2D eigenvalue weighted by molar-refractivity contribution is -0.125. The van der Waals surface area contributed by atoms with Gasteiger partial charge < -0.3 is 31.8 Å². The minimum absolute atomic E-state index is 0.0466. The van der Waals surface area contributed by atoms with Gasteiger partial charge >= 0.3 is 0 Å². The summed E-state index contributed by atoms with van der Waals surface area (Å²) in [5.74, 6) is 0.795. The zero-order valence-corrected chi connectivity index (χ0v) is 18.2. The van der Waals surface area contributed by atoms with E-state index >= 15 is 0 Å². The summed E-state index contributed by atoms with van der Waals surface area (Å²) >= 11 is 0. The van der Waals surface area contributed by atoms with E-state index in [0.29, 0.717) is 24.0 Å². The summed E-state index contributed by atoms with van der Waals surface area (Å²) < 4.78 is 5.48. The number of carbonyl (C=O) groups is 1. The van der Waals surface area contributed by atoms with Crippen molar-refractivity contribution in [2.24, 2.45) is 16.6 Å². The number of allylic oxidation sites excluding steroid dienone is 4. The second-order valence-electron chi connectivity index (χ2n) is 7.57. The molecule has 0 unspecified atom stereocenters. The van der Waals surface area contributed by atoms with Crippen LogP contribution in [0.3, 0.4) is 0 Å². The Hall–Kier alpha value is -3.91. The molecule has 0 saturated carbocycles. The Morgan fingerprint density at radius 2 is 2.03 bits per heavy atom. The van der Waals surface area contributed by atoms with E-state index in [1.54, 1.807) is 18.4 Å². The lowest BCUT2D eigenvalue weighted by atomic mass is 10.0. The van der Waals surface area contributed by atoms with Crippen LogP contribution in [0.2, 0.25) is 0 Å². The van der Waals surface area contributed by atoms with E-state index in [9.17, 15) is 4.79 Å². The number of aliphatic imine (C=N–C) groups is 1. The highest BCUT2D eigenvalue weighted by atomic mass is 16.5. The molecule has 3 rings (SSSR count). The SMILES string of the molecule is CC(C)C(C=N)=CC(N)=NC1=CC=C2NC=C(NC(=O)COCc3ccccc3)C=C2N1. The van der Waals surface area contributed by atoms with Gasteiger partial charge in [-0.15, -0.1) is 0 Å². The number of amidine groups is 1. The van der Waals surface area contributed by atoms with Crippen molar-refractivity contribution in [2.45, 2.75) is 20.5 Å². The number of benzene rings is 1. The van der Waals surface area contributed by atoms with Crippen LogP contribution < -0.4 is 21.7 Å². The van der Waals surface area contributed by atoms with E-state index in [1.807, 2.05) is 56.3 Å². The van der Waals surface area contributed by atoms with Crippen LogP contribution in [0.4, 0.5) is 0 Å². The number of ether oxygens (including phenoxy) is 1. The van der Waals surface area contributed by atoms with Crippen LogP contribution in [0.15, 0.2) is 94.3 Å². The Labute approximate surface area is 187 Å². The summed E-state index contributed by atoms with van der Waals surface area (Å²) in [7, 11) is 0. The van der Waals surface area contributed by atoms with Gasteiger partial charge in [-0.25, -0.2) is 4.99 Å². The highest BCUT2D eigenvalue weighted by Crippen LogP contribution is 2.18. The third kappa shape index (κ3) is 6.55. The molecule has 1 aromatic rings. The lowest BCUT2D eigenvalue weighted by Crippen LogP contribution is -2.32. The van der Waals surface area contributed by atoms with Gasteiger partial charge in [0.15, 0.2) is 0 Å². The molecule has 1 amide bonds. The Balaban J connectivity index is 1.56. The van der Waals surface area contributed by atoms with Crippen molar-refractivity contribution in [3.05, 3.63) is 94.9 Å². The van der Waals surface area contributed by atoms with Crippen molar-refractivity contribution in [1.82, 2.24) is 16.0 Å². The number of nitrogens with two attached hydrogens (primary N) is 1. The topological polar surface area (TPSA) is 125 Å². The van der Waals surface area contributed by atoms with Crippen LogP contribution in [-0.4, -0.2) is 24.6 Å². The molecule has 0 saturated heterocycles. The highest BCUT2D eigenvalue weighted by molar-refractivity contribution is 5.97. The fourth-order valence-corrected chi connectivity index (χ4v) is 2.98. The molecular weight excluding hydrogens is 404 g/mol. The van der Waals surface area contributed by atoms with E-state index in [4.69, 9.17) is 15.9 Å². The molecule has 32 heavy (non-hydrogen) atoms. The van der Waals surface area contributed by atoms with Crippen LogP contribution >= 0.6 is 0 Å². The Kier molecular flexibility index (Phi) is 7.77. The summed E-state index contributed by atoms with van der Waals surface area (Å²) in [6.07, 6.45) is 10.2. The Morgan fingerprint density at radius 1 is 1.25 bits per heavy atom. The van der Waals surface area contributed by atoms with Crippen LogP contribution in [0.5, 0.6) is 0 Å². The third-order valence-electron chi connectivity index (χ3n) is 4.67. The molecule has 8 nitrogen and oxygen atoms in total. The maximum Gasteiger partial charge on any atom is 0.250 e. The zero-order valence-electron chi connectivity index (χ0n) is 18.2. The van der Waals surface area contributed by atoms with Gasteiger partial charge in [-0.2, -0.15) is 0 Å².